The quantitative estimate of drug-likeness (QED) is 0.0444. The highest BCUT2D eigenvalue weighted by Crippen LogP contribution is 2.22. The Bertz CT molecular complexity index is 982. The number of aliphatic carboxylic acids is 3. The lowest BCUT2D eigenvalue weighted by Crippen LogP contribution is -2.50. The summed E-state index contributed by atoms with van der Waals surface area (Å²) < 4.78 is 0. The molecular formula is C30H47N3O9S. The summed E-state index contributed by atoms with van der Waals surface area (Å²) in [7, 11) is 0. The van der Waals surface area contributed by atoms with Crippen molar-refractivity contribution in [2.24, 2.45) is 5.73 Å². The van der Waals surface area contributed by atoms with Crippen LogP contribution in [0.1, 0.15) is 71.1 Å². The van der Waals surface area contributed by atoms with Crippen molar-refractivity contribution in [2.75, 3.05) is 12.3 Å². The predicted octanol–water partition coefficient (Wildman–Crippen LogP) is 2.78. The largest absolute Gasteiger partial charge is 0.481 e. The minimum Gasteiger partial charge on any atom is -0.481 e. The SMILES string of the molecule is CCCCC/C=C/C/C=C/C=C/C=C/[C@@H](SC[C@H](NC(=O)CC[C@@H](N)C(=O)O)C(=O)NCC(=O)O)[C@@H](O)CCCC(=O)O. The first-order chi connectivity index (χ1) is 20.5. The number of hydrogen-bond donors (Lipinski definition) is 7. The molecule has 12 nitrogen and oxygen atoms in total. The predicted molar refractivity (Wildman–Crippen MR) is 166 cm³/mol. The lowest BCUT2D eigenvalue weighted by molar-refractivity contribution is -0.139. The van der Waals surface area contributed by atoms with Gasteiger partial charge in [-0.15, -0.1) is 11.8 Å². The van der Waals surface area contributed by atoms with Gasteiger partial charge in [0.15, 0.2) is 0 Å². The monoisotopic (exact) mass is 625 g/mol. The van der Waals surface area contributed by atoms with Crippen LogP contribution in [0.2, 0.25) is 0 Å². The van der Waals surface area contributed by atoms with Crippen LogP contribution in [0.3, 0.4) is 0 Å². The second-order valence-electron chi connectivity index (χ2n) is 9.77. The summed E-state index contributed by atoms with van der Waals surface area (Å²) in [4.78, 5) is 57.8. The number of aliphatic hydroxyl groups excluding tert-OH is 1. The minimum atomic E-state index is -1.28. The van der Waals surface area contributed by atoms with Gasteiger partial charge in [0.05, 0.1) is 6.10 Å². The number of unbranched alkanes of at least 4 members (excludes halogenated alkanes) is 3. The molecule has 43 heavy (non-hydrogen) atoms. The zero-order valence-corrected chi connectivity index (χ0v) is 25.5. The van der Waals surface area contributed by atoms with Crippen LogP contribution >= 0.6 is 11.8 Å². The maximum atomic E-state index is 12.6. The van der Waals surface area contributed by atoms with E-state index in [9.17, 15) is 29.1 Å². The van der Waals surface area contributed by atoms with Gasteiger partial charge >= 0.3 is 17.9 Å². The summed E-state index contributed by atoms with van der Waals surface area (Å²) in [5.41, 5.74) is 5.43. The van der Waals surface area contributed by atoms with Gasteiger partial charge in [-0.3, -0.25) is 24.0 Å². The third kappa shape index (κ3) is 22.8. The fourth-order valence-electron chi connectivity index (χ4n) is 3.54. The van der Waals surface area contributed by atoms with Crippen LogP contribution in [0.25, 0.3) is 0 Å². The van der Waals surface area contributed by atoms with E-state index in [-0.39, 0.29) is 37.9 Å². The number of hydrogen-bond acceptors (Lipinski definition) is 8. The zero-order valence-electron chi connectivity index (χ0n) is 24.7. The first-order valence-electron chi connectivity index (χ1n) is 14.4. The summed E-state index contributed by atoms with van der Waals surface area (Å²) in [6, 6.07) is -2.45. The first kappa shape index (κ1) is 39.6. The Balaban J connectivity index is 5.38. The Morgan fingerprint density at radius 3 is 2.23 bits per heavy atom. The van der Waals surface area contributed by atoms with Crippen molar-refractivity contribution in [3.05, 3.63) is 48.6 Å². The average molecular weight is 626 g/mol. The number of carboxylic acids is 3. The molecule has 13 heteroatoms. The van der Waals surface area contributed by atoms with Crippen molar-refractivity contribution in [1.82, 2.24) is 10.6 Å². The van der Waals surface area contributed by atoms with Crippen molar-refractivity contribution in [2.45, 2.75) is 94.6 Å². The summed E-state index contributed by atoms with van der Waals surface area (Å²) in [5, 5.41) is 41.6. The standard InChI is InChI=1S/C30H47N3O9S/c1-2-3-4-5-6-7-8-9-10-11-12-13-16-25(24(34)15-14-17-27(36)37)43-21-23(29(40)32-20-28(38)39)33-26(35)19-18-22(31)30(41)42/h6-7,9-13,16,22-25,34H,2-5,8,14-15,17-21,31H2,1H3,(H,32,40)(H,33,35)(H,36,37)(H,38,39)(H,41,42)/b7-6+,10-9+,12-11+,16-13+/t22-,23+,24+,25-/m1/s1. The van der Waals surface area contributed by atoms with Crippen molar-refractivity contribution < 1.29 is 44.4 Å². The molecule has 0 rings (SSSR count). The molecule has 0 heterocycles. The van der Waals surface area contributed by atoms with Gasteiger partial charge < -0.3 is 36.8 Å². The van der Waals surface area contributed by atoms with Crippen LogP contribution < -0.4 is 16.4 Å². The maximum absolute atomic E-state index is 12.6. The van der Waals surface area contributed by atoms with Crippen molar-refractivity contribution in [3.63, 3.8) is 0 Å². The number of rotatable bonds is 25. The minimum absolute atomic E-state index is 0.0542. The lowest BCUT2D eigenvalue weighted by atomic mass is 10.1. The molecule has 0 spiro atoms. The summed E-state index contributed by atoms with van der Waals surface area (Å²) in [5.74, 6) is -5.01. The zero-order chi connectivity index (χ0) is 32.5. The highest BCUT2D eigenvalue weighted by Gasteiger charge is 2.25. The average Bonchev–Trinajstić information content (AvgIpc) is 2.95. The van der Waals surface area contributed by atoms with Gasteiger partial charge in [-0.1, -0.05) is 68.4 Å². The third-order valence-corrected chi connectivity index (χ3v) is 7.36. The Hall–Kier alpha value is -3.42. The van der Waals surface area contributed by atoms with E-state index in [4.69, 9.17) is 21.1 Å². The van der Waals surface area contributed by atoms with Gasteiger partial charge in [0, 0.05) is 23.8 Å². The second-order valence-corrected chi connectivity index (χ2v) is 11.0. The molecule has 2 amide bonds. The van der Waals surface area contributed by atoms with E-state index < -0.39 is 59.7 Å². The van der Waals surface area contributed by atoms with Crippen LogP contribution in [-0.2, 0) is 24.0 Å². The van der Waals surface area contributed by atoms with E-state index in [1.807, 2.05) is 18.2 Å². The van der Waals surface area contributed by atoms with Crippen molar-refractivity contribution in [3.8, 4) is 0 Å². The highest BCUT2D eigenvalue weighted by atomic mass is 32.2. The van der Waals surface area contributed by atoms with Gasteiger partial charge in [-0.05, 0) is 38.5 Å². The fraction of sp³-hybridized carbons (Fsp3) is 0.567. The molecule has 0 aromatic carbocycles. The number of carbonyl (C=O) groups is 5. The second kappa shape index (κ2) is 25.1. The van der Waals surface area contributed by atoms with E-state index in [0.29, 0.717) is 0 Å². The molecule has 0 aliphatic carbocycles. The van der Waals surface area contributed by atoms with Gasteiger partial charge in [0.1, 0.15) is 18.6 Å². The lowest BCUT2D eigenvalue weighted by Gasteiger charge is -2.23. The molecule has 0 fully saturated rings. The number of carbonyl (C=O) groups excluding carboxylic acids is 2. The molecule has 0 saturated carbocycles. The number of thioether (sulfide) groups is 1. The molecule has 0 saturated heterocycles. The molecule has 0 aromatic rings. The molecule has 0 aromatic heterocycles. The molecule has 0 aliphatic heterocycles. The third-order valence-electron chi connectivity index (χ3n) is 5.97. The maximum Gasteiger partial charge on any atom is 0.322 e. The Labute approximate surface area is 257 Å². The fourth-order valence-corrected chi connectivity index (χ4v) is 4.75. The Kier molecular flexibility index (Phi) is 23.1. The van der Waals surface area contributed by atoms with Crippen molar-refractivity contribution >= 4 is 41.5 Å². The highest BCUT2D eigenvalue weighted by molar-refractivity contribution is 8.00. The Morgan fingerprint density at radius 2 is 1.58 bits per heavy atom. The van der Waals surface area contributed by atoms with Gasteiger partial charge in [-0.25, -0.2) is 0 Å². The smallest absolute Gasteiger partial charge is 0.322 e. The van der Waals surface area contributed by atoms with E-state index in [0.717, 1.165) is 24.6 Å². The van der Waals surface area contributed by atoms with E-state index in [1.165, 1.54) is 19.3 Å². The normalized spacial score (nSPS) is 14.7. The number of amides is 2. The van der Waals surface area contributed by atoms with Gasteiger partial charge in [0.25, 0.3) is 0 Å². The van der Waals surface area contributed by atoms with Crippen LogP contribution in [0.15, 0.2) is 48.6 Å². The number of nitrogens with one attached hydrogen (secondary N) is 2. The van der Waals surface area contributed by atoms with E-state index in [2.05, 4.69) is 29.7 Å². The van der Waals surface area contributed by atoms with Crippen LogP contribution in [0, 0.1) is 0 Å². The number of carboxylic acid groups (broad SMARTS) is 3. The van der Waals surface area contributed by atoms with Gasteiger partial charge in [-0.2, -0.15) is 0 Å². The van der Waals surface area contributed by atoms with Gasteiger partial charge in [0.2, 0.25) is 11.8 Å². The van der Waals surface area contributed by atoms with Crippen LogP contribution in [0.4, 0.5) is 0 Å². The van der Waals surface area contributed by atoms with E-state index >= 15 is 0 Å². The molecule has 4 atom stereocenters. The number of allylic oxidation sites excluding steroid dienone is 7. The molecule has 0 bridgehead atoms. The van der Waals surface area contributed by atoms with E-state index in [1.54, 1.807) is 18.2 Å². The molecular weight excluding hydrogens is 578 g/mol. The summed E-state index contributed by atoms with van der Waals surface area (Å²) in [6.07, 6.45) is 19.5. The molecule has 8 N–H and O–H groups in total. The molecule has 242 valence electrons. The van der Waals surface area contributed by atoms with Crippen LogP contribution in [0.5, 0.6) is 0 Å². The molecule has 0 radical (unpaired) electrons. The number of aliphatic hydroxyl groups is 1. The first-order valence-corrected chi connectivity index (χ1v) is 15.5. The Morgan fingerprint density at radius 1 is 0.860 bits per heavy atom. The van der Waals surface area contributed by atoms with Crippen LogP contribution in [-0.4, -0.2) is 85.9 Å². The molecule has 0 unspecified atom stereocenters. The summed E-state index contributed by atoms with van der Waals surface area (Å²) in [6.45, 7) is 1.49. The number of nitrogens with two attached hydrogens (primary N) is 1. The summed E-state index contributed by atoms with van der Waals surface area (Å²) >= 11 is 1.13. The van der Waals surface area contributed by atoms with Crippen molar-refractivity contribution in [1.29, 1.82) is 0 Å². The molecule has 0 aliphatic rings. The topological polar surface area (TPSA) is 216 Å².